The van der Waals surface area contributed by atoms with Gasteiger partial charge in [0.1, 0.15) is 0 Å². The SMILES string of the molecule is Cc1ccc(CC2(C)CN(C(c3ccccc3)c3ccc(Cl)cc3)CCN2C)cc1C.Cl.Cl. The van der Waals surface area contributed by atoms with E-state index >= 15 is 0 Å². The smallest absolute Gasteiger partial charge is 0.0602 e. The Morgan fingerprint density at radius 1 is 0.848 bits per heavy atom. The van der Waals surface area contributed by atoms with Crippen LogP contribution in [-0.4, -0.2) is 42.0 Å². The summed E-state index contributed by atoms with van der Waals surface area (Å²) >= 11 is 6.21. The zero-order chi connectivity index (χ0) is 22.0. The van der Waals surface area contributed by atoms with Crippen LogP contribution in [0.2, 0.25) is 5.02 Å². The number of likely N-dealkylation sites (N-methyl/N-ethyl adjacent to an activating group) is 1. The third-order valence-corrected chi connectivity index (χ3v) is 7.26. The number of piperazine rings is 1. The molecular weight excluding hydrogens is 471 g/mol. The predicted molar refractivity (Wildman–Crippen MR) is 146 cm³/mol. The molecule has 1 aliphatic rings. The van der Waals surface area contributed by atoms with Crippen molar-refractivity contribution < 1.29 is 0 Å². The summed E-state index contributed by atoms with van der Waals surface area (Å²) in [6, 6.07) is 26.4. The highest BCUT2D eigenvalue weighted by Crippen LogP contribution is 2.35. The van der Waals surface area contributed by atoms with Gasteiger partial charge in [0.25, 0.3) is 0 Å². The number of hydrogen-bond acceptors (Lipinski definition) is 2. The maximum absolute atomic E-state index is 6.21. The fourth-order valence-corrected chi connectivity index (χ4v) is 4.97. The highest BCUT2D eigenvalue weighted by atomic mass is 35.5. The van der Waals surface area contributed by atoms with E-state index in [0.29, 0.717) is 0 Å². The number of aryl methyl sites for hydroxylation is 2. The maximum atomic E-state index is 6.21. The molecular formula is C28H35Cl3N2. The van der Waals surface area contributed by atoms with Crippen molar-refractivity contribution in [3.05, 3.63) is 106 Å². The Labute approximate surface area is 216 Å². The molecule has 1 saturated heterocycles. The summed E-state index contributed by atoms with van der Waals surface area (Å²) in [7, 11) is 2.28. The van der Waals surface area contributed by atoms with Gasteiger partial charge in [-0.3, -0.25) is 9.80 Å². The Morgan fingerprint density at radius 2 is 1.48 bits per heavy atom. The van der Waals surface area contributed by atoms with E-state index in [9.17, 15) is 0 Å². The molecule has 0 aliphatic carbocycles. The van der Waals surface area contributed by atoms with Crippen molar-refractivity contribution in [2.45, 2.75) is 38.8 Å². The van der Waals surface area contributed by atoms with Gasteiger partial charge in [0.05, 0.1) is 6.04 Å². The number of hydrogen-bond donors (Lipinski definition) is 0. The molecule has 0 N–H and O–H groups in total. The van der Waals surface area contributed by atoms with Gasteiger partial charge in [-0.05, 0) is 74.2 Å². The van der Waals surface area contributed by atoms with Crippen LogP contribution in [0, 0.1) is 13.8 Å². The molecule has 2 nitrogen and oxygen atoms in total. The zero-order valence-corrected chi connectivity index (χ0v) is 22.3. The van der Waals surface area contributed by atoms with Crippen molar-refractivity contribution in [1.82, 2.24) is 9.80 Å². The first-order chi connectivity index (χ1) is 14.9. The first-order valence-corrected chi connectivity index (χ1v) is 11.6. The standard InChI is InChI=1S/C28H33ClN2.2ClH/c1-21-10-11-23(18-22(21)2)19-28(3)20-31(17-16-30(28)4)27(24-8-6-5-7-9-24)25-12-14-26(29)15-13-25;;/h5-15,18,27H,16-17,19-20H2,1-4H3;2*1H. The molecule has 4 rings (SSSR count). The summed E-state index contributed by atoms with van der Waals surface area (Å²) in [6.45, 7) is 9.92. The minimum Gasteiger partial charge on any atom is -0.298 e. The molecule has 5 heteroatoms. The Morgan fingerprint density at radius 3 is 2.12 bits per heavy atom. The summed E-state index contributed by atoms with van der Waals surface area (Å²) in [5, 5.41) is 0.786. The number of rotatable bonds is 5. The predicted octanol–water partition coefficient (Wildman–Crippen LogP) is 7.14. The molecule has 1 aliphatic heterocycles. The fraction of sp³-hybridized carbons (Fsp3) is 0.357. The van der Waals surface area contributed by atoms with Crippen molar-refractivity contribution in [3.8, 4) is 0 Å². The van der Waals surface area contributed by atoms with E-state index in [1.165, 1.54) is 27.8 Å². The molecule has 3 aromatic carbocycles. The highest BCUT2D eigenvalue weighted by molar-refractivity contribution is 6.30. The van der Waals surface area contributed by atoms with Crippen molar-refractivity contribution in [3.63, 3.8) is 0 Å². The normalized spacial score (nSPS) is 19.9. The van der Waals surface area contributed by atoms with Crippen LogP contribution in [0.3, 0.4) is 0 Å². The van der Waals surface area contributed by atoms with E-state index in [1.807, 2.05) is 12.1 Å². The molecule has 33 heavy (non-hydrogen) atoms. The molecule has 2 unspecified atom stereocenters. The van der Waals surface area contributed by atoms with Crippen molar-refractivity contribution >= 4 is 36.4 Å². The van der Waals surface area contributed by atoms with Crippen LogP contribution < -0.4 is 0 Å². The first kappa shape index (κ1) is 27.7. The molecule has 178 valence electrons. The highest BCUT2D eigenvalue weighted by Gasteiger charge is 2.38. The van der Waals surface area contributed by atoms with Gasteiger partial charge >= 0.3 is 0 Å². The van der Waals surface area contributed by atoms with Crippen LogP contribution in [0.25, 0.3) is 0 Å². The van der Waals surface area contributed by atoms with E-state index in [2.05, 4.69) is 98.3 Å². The quantitative estimate of drug-likeness (QED) is 0.363. The van der Waals surface area contributed by atoms with Gasteiger partial charge in [-0.15, -0.1) is 24.8 Å². The van der Waals surface area contributed by atoms with Crippen LogP contribution in [-0.2, 0) is 6.42 Å². The molecule has 1 heterocycles. The Kier molecular flexibility index (Phi) is 9.84. The minimum atomic E-state index is 0. The average Bonchev–Trinajstić information content (AvgIpc) is 2.76. The van der Waals surface area contributed by atoms with Crippen molar-refractivity contribution in [2.75, 3.05) is 26.7 Å². The number of nitrogens with zero attached hydrogens (tertiary/aromatic N) is 2. The lowest BCUT2D eigenvalue weighted by molar-refractivity contribution is 0.0133. The van der Waals surface area contributed by atoms with Gasteiger partial charge in [-0.2, -0.15) is 0 Å². The summed E-state index contributed by atoms with van der Waals surface area (Å²) in [4.78, 5) is 5.20. The third-order valence-electron chi connectivity index (χ3n) is 7.01. The minimum absolute atomic E-state index is 0. The molecule has 1 fully saturated rings. The van der Waals surface area contributed by atoms with Gasteiger partial charge in [-0.1, -0.05) is 72.3 Å². The lowest BCUT2D eigenvalue weighted by Gasteiger charge is -2.50. The van der Waals surface area contributed by atoms with Crippen LogP contribution in [0.15, 0.2) is 72.8 Å². The second-order valence-electron chi connectivity index (χ2n) is 9.35. The molecule has 3 aromatic rings. The second kappa shape index (κ2) is 11.7. The molecule has 0 amide bonds. The van der Waals surface area contributed by atoms with E-state index in [4.69, 9.17) is 11.6 Å². The number of benzene rings is 3. The first-order valence-electron chi connectivity index (χ1n) is 11.2. The van der Waals surface area contributed by atoms with E-state index < -0.39 is 0 Å². The van der Waals surface area contributed by atoms with Crippen molar-refractivity contribution in [1.29, 1.82) is 0 Å². The van der Waals surface area contributed by atoms with Gasteiger partial charge in [0, 0.05) is 30.2 Å². The third kappa shape index (κ3) is 6.32. The van der Waals surface area contributed by atoms with Gasteiger partial charge in [0.15, 0.2) is 0 Å². The number of halogens is 3. The fourth-order valence-electron chi connectivity index (χ4n) is 4.84. The van der Waals surface area contributed by atoms with E-state index in [1.54, 1.807) is 0 Å². The molecule has 0 bridgehead atoms. The molecule has 0 aromatic heterocycles. The summed E-state index contributed by atoms with van der Waals surface area (Å²) in [5.41, 5.74) is 6.86. The molecule has 0 spiro atoms. The summed E-state index contributed by atoms with van der Waals surface area (Å²) in [5.74, 6) is 0. The van der Waals surface area contributed by atoms with Gasteiger partial charge < -0.3 is 0 Å². The lowest BCUT2D eigenvalue weighted by Crippen LogP contribution is -2.60. The van der Waals surface area contributed by atoms with Crippen molar-refractivity contribution in [2.24, 2.45) is 0 Å². The Hall–Kier alpha value is -1.55. The monoisotopic (exact) mass is 504 g/mol. The summed E-state index contributed by atoms with van der Waals surface area (Å²) < 4.78 is 0. The topological polar surface area (TPSA) is 6.48 Å². The maximum Gasteiger partial charge on any atom is 0.0602 e. The second-order valence-corrected chi connectivity index (χ2v) is 9.79. The Balaban J connectivity index is 0.00000193. The van der Waals surface area contributed by atoms with E-state index in [0.717, 1.165) is 31.1 Å². The van der Waals surface area contributed by atoms with Crippen LogP contribution in [0.5, 0.6) is 0 Å². The summed E-state index contributed by atoms with van der Waals surface area (Å²) in [6.07, 6.45) is 1.04. The zero-order valence-electron chi connectivity index (χ0n) is 19.9. The largest absolute Gasteiger partial charge is 0.298 e. The Bertz CT molecular complexity index is 1020. The molecule has 0 radical (unpaired) electrons. The molecule has 2 atom stereocenters. The van der Waals surface area contributed by atoms with Gasteiger partial charge in [0.2, 0.25) is 0 Å². The van der Waals surface area contributed by atoms with Crippen LogP contribution >= 0.6 is 36.4 Å². The average molecular weight is 506 g/mol. The van der Waals surface area contributed by atoms with Crippen LogP contribution in [0.1, 0.15) is 40.8 Å². The van der Waals surface area contributed by atoms with Crippen LogP contribution in [0.4, 0.5) is 0 Å². The van der Waals surface area contributed by atoms with Gasteiger partial charge in [-0.25, -0.2) is 0 Å². The molecule has 0 saturated carbocycles. The lowest BCUT2D eigenvalue weighted by atomic mass is 9.86. The van der Waals surface area contributed by atoms with E-state index in [-0.39, 0.29) is 36.4 Å².